The van der Waals surface area contributed by atoms with Gasteiger partial charge < -0.3 is 9.47 Å². The van der Waals surface area contributed by atoms with E-state index in [1.54, 1.807) is 13.8 Å². The van der Waals surface area contributed by atoms with E-state index in [4.69, 9.17) is 9.47 Å². The predicted octanol–water partition coefficient (Wildman–Crippen LogP) is -0.897. The smallest absolute Gasteiger partial charge is 0.304 e. The van der Waals surface area contributed by atoms with Crippen LogP contribution in [0.1, 0.15) is 13.8 Å². The zero-order valence-electron chi connectivity index (χ0n) is 10.5. The lowest BCUT2D eigenvalue weighted by atomic mass is 10.1. The van der Waals surface area contributed by atoms with Gasteiger partial charge in [-0.1, -0.05) is 13.8 Å². The molecule has 2 aliphatic rings. The Bertz CT molecular complexity index is 416. The topological polar surface area (TPSA) is 84.9 Å². The highest BCUT2D eigenvalue weighted by Gasteiger charge is 2.45. The molecule has 1 amide bonds. The van der Waals surface area contributed by atoms with Crippen molar-refractivity contribution in [2.75, 3.05) is 26.4 Å². The van der Waals surface area contributed by atoms with Crippen LogP contribution in [0.15, 0.2) is 0 Å². The van der Waals surface area contributed by atoms with Crippen molar-refractivity contribution >= 4 is 16.1 Å². The molecule has 2 atom stereocenters. The minimum absolute atomic E-state index is 0.0113. The molecule has 1 unspecified atom stereocenters. The van der Waals surface area contributed by atoms with E-state index in [1.165, 1.54) is 0 Å². The summed E-state index contributed by atoms with van der Waals surface area (Å²) in [6.45, 7) is 4.85. The lowest BCUT2D eigenvalue weighted by molar-refractivity contribution is -0.132. The van der Waals surface area contributed by atoms with Crippen molar-refractivity contribution in [1.82, 2.24) is 9.03 Å². The van der Waals surface area contributed by atoms with Crippen LogP contribution in [0.2, 0.25) is 0 Å². The Morgan fingerprint density at radius 1 is 1.44 bits per heavy atom. The first-order valence-electron chi connectivity index (χ1n) is 5.95. The second kappa shape index (κ2) is 5.12. The SMILES string of the molecule is CC(C)[C@@H]1NS(=O)(=O)N(CC2COCCO2)C1=O. The first-order chi connectivity index (χ1) is 8.42. The van der Waals surface area contributed by atoms with E-state index in [0.717, 1.165) is 4.31 Å². The molecule has 1 N–H and O–H groups in total. The second-order valence-corrected chi connectivity index (χ2v) is 6.41. The number of nitrogens with zero attached hydrogens (tertiary/aromatic N) is 1. The highest BCUT2D eigenvalue weighted by molar-refractivity contribution is 7.88. The van der Waals surface area contributed by atoms with Gasteiger partial charge in [-0.05, 0) is 5.92 Å². The monoisotopic (exact) mass is 278 g/mol. The van der Waals surface area contributed by atoms with Gasteiger partial charge in [0.1, 0.15) is 6.04 Å². The maximum absolute atomic E-state index is 12.0. The first-order valence-corrected chi connectivity index (χ1v) is 7.39. The summed E-state index contributed by atoms with van der Waals surface area (Å²) in [5.74, 6) is -0.500. The molecule has 2 fully saturated rings. The van der Waals surface area contributed by atoms with E-state index in [2.05, 4.69) is 4.72 Å². The summed E-state index contributed by atoms with van der Waals surface area (Å²) in [5, 5.41) is 0. The number of ether oxygens (including phenoxy) is 2. The van der Waals surface area contributed by atoms with Crippen LogP contribution in [0.5, 0.6) is 0 Å². The van der Waals surface area contributed by atoms with Crippen molar-refractivity contribution in [2.24, 2.45) is 5.92 Å². The minimum Gasteiger partial charge on any atom is -0.376 e. The van der Waals surface area contributed by atoms with Gasteiger partial charge in [-0.2, -0.15) is 13.1 Å². The van der Waals surface area contributed by atoms with Crippen molar-refractivity contribution in [3.8, 4) is 0 Å². The highest BCUT2D eigenvalue weighted by Crippen LogP contribution is 2.19. The van der Waals surface area contributed by atoms with E-state index in [-0.39, 0.29) is 18.6 Å². The fourth-order valence-corrected chi connectivity index (χ4v) is 3.52. The molecule has 0 aliphatic carbocycles. The van der Waals surface area contributed by atoms with Crippen LogP contribution in [-0.2, 0) is 24.5 Å². The predicted molar refractivity (Wildman–Crippen MR) is 63.0 cm³/mol. The summed E-state index contributed by atoms with van der Waals surface area (Å²) in [5.41, 5.74) is 0. The van der Waals surface area contributed by atoms with Gasteiger partial charge in [0.2, 0.25) is 0 Å². The zero-order chi connectivity index (χ0) is 13.3. The van der Waals surface area contributed by atoms with Gasteiger partial charge in [-0.25, -0.2) is 4.31 Å². The van der Waals surface area contributed by atoms with E-state index in [0.29, 0.717) is 19.8 Å². The molecule has 0 bridgehead atoms. The van der Waals surface area contributed by atoms with Crippen LogP contribution in [-0.4, -0.2) is 57.1 Å². The van der Waals surface area contributed by atoms with Crippen LogP contribution >= 0.6 is 0 Å². The van der Waals surface area contributed by atoms with Gasteiger partial charge >= 0.3 is 10.2 Å². The fourth-order valence-electron chi connectivity index (χ4n) is 1.98. The van der Waals surface area contributed by atoms with Crippen LogP contribution in [0.25, 0.3) is 0 Å². The van der Waals surface area contributed by atoms with E-state index in [1.807, 2.05) is 0 Å². The Kier molecular flexibility index (Phi) is 3.90. The number of carbonyl (C=O) groups excluding carboxylic acids is 1. The molecule has 2 heterocycles. The molecule has 0 aromatic rings. The summed E-state index contributed by atoms with van der Waals surface area (Å²) in [4.78, 5) is 12.0. The summed E-state index contributed by atoms with van der Waals surface area (Å²) >= 11 is 0. The van der Waals surface area contributed by atoms with Crippen molar-refractivity contribution in [3.05, 3.63) is 0 Å². The Balaban J connectivity index is 2.08. The van der Waals surface area contributed by atoms with Crippen molar-refractivity contribution in [3.63, 3.8) is 0 Å². The number of carbonyl (C=O) groups is 1. The maximum Gasteiger partial charge on any atom is 0.304 e. The molecule has 0 saturated carbocycles. The van der Waals surface area contributed by atoms with E-state index >= 15 is 0 Å². The third-order valence-corrected chi connectivity index (χ3v) is 4.46. The van der Waals surface area contributed by atoms with Gasteiger partial charge in [0.05, 0.1) is 32.5 Å². The molecule has 0 radical (unpaired) electrons. The molecule has 0 aromatic heterocycles. The molecule has 2 rings (SSSR count). The Morgan fingerprint density at radius 2 is 2.17 bits per heavy atom. The molecule has 0 aromatic carbocycles. The molecule has 2 saturated heterocycles. The molecule has 8 heteroatoms. The average molecular weight is 278 g/mol. The van der Waals surface area contributed by atoms with Crippen molar-refractivity contribution < 1.29 is 22.7 Å². The standard InChI is InChI=1S/C10H18N2O5S/c1-7(2)9-10(13)12(18(14,15)11-9)5-8-6-16-3-4-17-8/h7-9,11H,3-6H2,1-2H3/t8?,9-/m0/s1. The lowest BCUT2D eigenvalue weighted by Crippen LogP contribution is -2.43. The van der Waals surface area contributed by atoms with Gasteiger partial charge in [0.15, 0.2) is 0 Å². The third kappa shape index (κ3) is 2.66. The molecular formula is C10H18N2O5S. The van der Waals surface area contributed by atoms with Crippen LogP contribution in [0, 0.1) is 5.92 Å². The Labute approximate surface area is 107 Å². The van der Waals surface area contributed by atoms with Crippen LogP contribution < -0.4 is 4.72 Å². The molecular weight excluding hydrogens is 260 g/mol. The number of hydrogen-bond donors (Lipinski definition) is 1. The second-order valence-electron chi connectivity index (χ2n) is 4.78. The molecule has 2 aliphatic heterocycles. The molecule has 7 nitrogen and oxygen atoms in total. The Morgan fingerprint density at radius 3 is 2.67 bits per heavy atom. The highest BCUT2D eigenvalue weighted by atomic mass is 32.2. The summed E-state index contributed by atoms with van der Waals surface area (Å²) < 4.78 is 37.5. The number of hydrogen-bond acceptors (Lipinski definition) is 5. The average Bonchev–Trinajstić information content (AvgIpc) is 2.54. The normalized spacial score (nSPS) is 32.2. The van der Waals surface area contributed by atoms with Crippen molar-refractivity contribution in [1.29, 1.82) is 0 Å². The largest absolute Gasteiger partial charge is 0.376 e. The quantitative estimate of drug-likeness (QED) is 0.723. The molecule has 104 valence electrons. The van der Waals surface area contributed by atoms with Gasteiger partial charge in [-0.3, -0.25) is 4.79 Å². The van der Waals surface area contributed by atoms with E-state index < -0.39 is 22.2 Å². The fraction of sp³-hybridized carbons (Fsp3) is 0.900. The van der Waals surface area contributed by atoms with E-state index in [9.17, 15) is 13.2 Å². The van der Waals surface area contributed by atoms with Gasteiger partial charge in [0.25, 0.3) is 5.91 Å². The lowest BCUT2D eigenvalue weighted by Gasteiger charge is -2.26. The summed E-state index contributed by atoms with van der Waals surface area (Å²) in [6.07, 6.45) is -0.384. The van der Waals surface area contributed by atoms with Gasteiger partial charge in [-0.15, -0.1) is 0 Å². The Hall–Kier alpha value is -0.700. The number of nitrogens with one attached hydrogen (secondary N) is 1. The molecule has 18 heavy (non-hydrogen) atoms. The minimum atomic E-state index is -3.73. The zero-order valence-corrected chi connectivity index (χ0v) is 11.3. The first kappa shape index (κ1) is 13.7. The summed E-state index contributed by atoms with van der Waals surface area (Å²) in [7, 11) is -3.73. The van der Waals surface area contributed by atoms with Crippen molar-refractivity contribution in [2.45, 2.75) is 26.0 Å². The maximum atomic E-state index is 12.0. The van der Waals surface area contributed by atoms with Crippen LogP contribution in [0.4, 0.5) is 0 Å². The number of rotatable bonds is 3. The van der Waals surface area contributed by atoms with Crippen LogP contribution in [0.3, 0.4) is 0 Å². The van der Waals surface area contributed by atoms with Gasteiger partial charge in [0, 0.05) is 0 Å². The molecule has 0 spiro atoms. The summed E-state index contributed by atoms with van der Waals surface area (Å²) in [6, 6.07) is -0.681. The third-order valence-electron chi connectivity index (χ3n) is 3.00. The number of amides is 1.